The van der Waals surface area contributed by atoms with Crippen molar-refractivity contribution in [2.24, 2.45) is 4.99 Å². The first-order valence-corrected chi connectivity index (χ1v) is 15.5. The number of rotatable bonds is 8. The number of nitrogens with zero attached hydrogens (tertiary/aromatic N) is 1. The predicted molar refractivity (Wildman–Crippen MR) is 174 cm³/mol. The molecule has 0 radical (unpaired) electrons. The van der Waals surface area contributed by atoms with Crippen molar-refractivity contribution in [3.63, 3.8) is 0 Å². The molecule has 6 aromatic rings. The molecule has 0 N–H and O–H groups in total. The third kappa shape index (κ3) is 5.75. The van der Waals surface area contributed by atoms with Crippen LogP contribution >= 0.6 is 7.49 Å². The molecule has 0 aliphatic rings. The smallest absolute Gasteiger partial charge is 0.289 e. The van der Waals surface area contributed by atoms with E-state index in [2.05, 4.69) is 152 Å². The van der Waals surface area contributed by atoms with Crippen LogP contribution in [-0.4, -0.2) is 5.90 Å². The summed E-state index contributed by atoms with van der Waals surface area (Å²) >= 11 is 0. The molecule has 0 aliphatic heterocycles. The summed E-state index contributed by atoms with van der Waals surface area (Å²) in [7, 11) is -2.67. The van der Waals surface area contributed by atoms with Crippen LogP contribution < -0.4 is 15.9 Å². The van der Waals surface area contributed by atoms with Crippen molar-refractivity contribution in [1.82, 2.24) is 0 Å². The number of hydrogen-bond acceptors (Lipinski definition) is 2. The minimum atomic E-state index is -2.67. The Hall–Kier alpha value is -4.78. The molecule has 0 bridgehead atoms. The average molecular weight is 549 g/mol. The summed E-state index contributed by atoms with van der Waals surface area (Å²) in [5.41, 5.74) is 3.10. The van der Waals surface area contributed by atoms with Crippen molar-refractivity contribution in [2.45, 2.75) is 5.92 Å². The Morgan fingerprint density at radius 2 is 0.732 bits per heavy atom. The fourth-order valence-electron chi connectivity index (χ4n) is 5.20. The van der Waals surface area contributed by atoms with Gasteiger partial charge in [-0.15, -0.1) is 0 Å². The van der Waals surface area contributed by atoms with Gasteiger partial charge in [0.15, 0.2) is 0 Å². The standard InChI is InChI=1S/C38H31NOP/c1-7-19-31(20-8-1)37(32-21-9-2-10-22-32)38(39-33-23-11-3-12-24-33)40-41(34-25-13-4-14-26-34,35-27-15-5-16-28-35)36-29-17-6-18-30-36/h1-30,37H/q+1. The van der Waals surface area contributed by atoms with Crippen molar-refractivity contribution >= 4 is 35.0 Å². The van der Waals surface area contributed by atoms with Gasteiger partial charge in [0.1, 0.15) is 15.9 Å². The molecule has 2 nitrogen and oxygen atoms in total. The summed E-state index contributed by atoms with van der Waals surface area (Å²) in [5, 5.41) is 3.41. The lowest BCUT2D eigenvalue weighted by Gasteiger charge is -2.29. The second kappa shape index (κ2) is 12.6. The van der Waals surface area contributed by atoms with Crippen molar-refractivity contribution in [3.8, 4) is 0 Å². The van der Waals surface area contributed by atoms with Gasteiger partial charge in [-0.2, -0.15) is 0 Å². The molecule has 0 unspecified atom stereocenters. The minimum Gasteiger partial charge on any atom is -0.318 e. The average Bonchev–Trinajstić information content (AvgIpc) is 3.06. The van der Waals surface area contributed by atoms with Gasteiger partial charge in [-0.05, 0) is 59.7 Å². The molecule has 6 rings (SSSR count). The number of benzene rings is 6. The highest BCUT2D eigenvalue weighted by molar-refractivity contribution is 7.92. The van der Waals surface area contributed by atoms with Crippen LogP contribution in [0.5, 0.6) is 0 Å². The molecule has 0 aliphatic carbocycles. The van der Waals surface area contributed by atoms with E-state index >= 15 is 0 Å². The van der Waals surface area contributed by atoms with Gasteiger partial charge in [-0.3, -0.25) is 0 Å². The highest BCUT2D eigenvalue weighted by Crippen LogP contribution is 2.58. The van der Waals surface area contributed by atoms with Crippen molar-refractivity contribution in [2.75, 3.05) is 0 Å². The fraction of sp³-hybridized carbons (Fsp3) is 0.0263. The summed E-state index contributed by atoms with van der Waals surface area (Å²) in [6.45, 7) is 0. The Bertz CT molecular complexity index is 1540. The monoisotopic (exact) mass is 548 g/mol. The van der Waals surface area contributed by atoms with Crippen LogP contribution in [0.15, 0.2) is 187 Å². The molecule has 0 amide bonds. The van der Waals surface area contributed by atoms with Crippen LogP contribution in [0.4, 0.5) is 5.69 Å². The molecule has 0 fully saturated rings. The second-order valence-electron chi connectivity index (χ2n) is 9.75. The minimum absolute atomic E-state index is 0.215. The van der Waals surface area contributed by atoms with Crippen molar-refractivity contribution < 1.29 is 4.52 Å². The predicted octanol–water partition coefficient (Wildman–Crippen LogP) is 8.47. The maximum Gasteiger partial charge on any atom is 0.289 e. The lowest BCUT2D eigenvalue weighted by atomic mass is 9.91. The van der Waals surface area contributed by atoms with Gasteiger partial charge < -0.3 is 4.52 Å². The molecule has 41 heavy (non-hydrogen) atoms. The summed E-state index contributed by atoms with van der Waals surface area (Å²) in [6.07, 6.45) is 0. The summed E-state index contributed by atoms with van der Waals surface area (Å²) in [4.78, 5) is 5.30. The van der Waals surface area contributed by atoms with Crippen LogP contribution in [0, 0.1) is 0 Å². The van der Waals surface area contributed by atoms with Crippen LogP contribution in [0.2, 0.25) is 0 Å². The zero-order valence-electron chi connectivity index (χ0n) is 22.7. The third-order valence-corrected chi connectivity index (χ3v) is 10.6. The van der Waals surface area contributed by atoms with Gasteiger partial charge in [0.25, 0.3) is 13.4 Å². The van der Waals surface area contributed by atoms with Crippen LogP contribution in [0.25, 0.3) is 0 Å². The van der Waals surface area contributed by atoms with Crippen molar-refractivity contribution in [3.05, 3.63) is 193 Å². The Morgan fingerprint density at radius 3 is 1.10 bits per heavy atom. The molecular weight excluding hydrogens is 517 g/mol. The van der Waals surface area contributed by atoms with E-state index in [4.69, 9.17) is 9.52 Å². The zero-order valence-corrected chi connectivity index (χ0v) is 23.6. The maximum absolute atomic E-state index is 7.63. The zero-order chi connectivity index (χ0) is 27.7. The van der Waals surface area contributed by atoms with E-state index in [0.29, 0.717) is 5.90 Å². The molecule has 0 aromatic heterocycles. The Labute approximate surface area is 243 Å². The van der Waals surface area contributed by atoms with Crippen LogP contribution in [-0.2, 0) is 4.52 Å². The first-order valence-electron chi connectivity index (χ1n) is 13.8. The van der Waals surface area contributed by atoms with E-state index < -0.39 is 7.49 Å². The molecule has 0 saturated heterocycles. The van der Waals surface area contributed by atoms with E-state index in [1.807, 2.05) is 30.3 Å². The first-order chi connectivity index (χ1) is 20.3. The Balaban J connectivity index is 1.65. The molecule has 6 aromatic carbocycles. The summed E-state index contributed by atoms with van der Waals surface area (Å²) < 4.78 is 7.63. The Kier molecular flexibility index (Phi) is 8.12. The highest BCUT2D eigenvalue weighted by atomic mass is 31.2. The van der Waals surface area contributed by atoms with E-state index in [-0.39, 0.29) is 5.92 Å². The van der Waals surface area contributed by atoms with E-state index in [1.165, 1.54) is 0 Å². The third-order valence-electron chi connectivity index (χ3n) is 7.10. The Morgan fingerprint density at radius 1 is 0.415 bits per heavy atom. The molecule has 0 heterocycles. The van der Waals surface area contributed by atoms with Gasteiger partial charge in [-0.25, -0.2) is 4.99 Å². The number of para-hydroxylation sites is 1. The quantitative estimate of drug-likeness (QED) is 0.106. The van der Waals surface area contributed by atoms with E-state index in [9.17, 15) is 0 Å². The van der Waals surface area contributed by atoms with Gasteiger partial charge in [0.05, 0.1) is 11.6 Å². The van der Waals surface area contributed by atoms with Gasteiger partial charge in [0, 0.05) is 0 Å². The van der Waals surface area contributed by atoms with Gasteiger partial charge in [-0.1, -0.05) is 133 Å². The van der Waals surface area contributed by atoms with E-state index in [1.54, 1.807) is 0 Å². The first kappa shape index (κ1) is 26.4. The number of aliphatic imine (C=N–C) groups is 1. The van der Waals surface area contributed by atoms with Crippen molar-refractivity contribution in [1.29, 1.82) is 0 Å². The lowest BCUT2D eigenvalue weighted by molar-refractivity contribution is 0.587. The largest absolute Gasteiger partial charge is 0.318 e. The van der Waals surface area contributed by atoms with E-state index in [0.717, 1.165) is 32.7 Å². The molecule has 3 heteroatoms. The topological polar surface area (TPSA) is 21.6 Å². The summed E-state index contributed by atoms with van der Waals surface area (Å²) in [6, 6.07) is 63.1. The van der Waals surface area contributed by atoms with Gasteiger partial charge >= 0.3 is 0 Å². The molecule has 0 spiro atoms. The fourth-order valence-corrected chi connectivity index (χ4v) is 8.61. The second-order valence-corrected chi connectivity index (χ2v) is 12.7. The molecule has 0 saturated carbocycles. The highest BCUT2D eigenvalue weighted by Gasteiger charge is 2.51. The SMILES string of the molecule is c1ccc(N=C(O[P+](c2ccccc2)(c2ccccc2)c2ccccc2)C(c2ccccc2)c2ccccc2)cc1. The lowest BCUT2D eigenvalue weighted by Crippen LogP contribution is -2.35. The molecule has 0 atom stereocenters. The number of hydrogen-bond donors (Lipinski definition) is 0. The normalized spacial score (nSPS) is 11.8. The molecular formula is C38H31NOP+. The van der Waals surface area contributed by atoms with Crippen LogP contribution in [0.1, 0.15) is 17.0 Å². The molecule has 198 valence electrons. The summed E-state index contributed by atoms with van der Waals surface area (Å²) in [5.74, 6) is 0.451. The van der Waals surface area contributed by atoms with Gasteiger partial charge in [0.2, 0.25) is 0 Å². The maximum atomic E-state index is 7.63. The van der Waals surface area contributed by atoms with Crippen LogP contribution in [0.3, 0.4) is 0 Å².